The van der Waals surface area contributed by atoms with Crippen LogP contribution in [0.3, 0.4) is 0 Å². The normalized spacial score (nSPS) is 12.5. The van der Waals surface area contributed by atoms with E-state index in [1.165, 1.54) is 32.0 Å². The number of benzene rings is 2. The molecule has 0 aliphatic carbocycles. The molecule has 0 bridgehead atoms. The molecular formula is C17H21S+. The van der Waals surface area contributed by atoms with Crippen molar-refractivity contribution in [1.82, 2.24) is 0 Å². The maximum absolute atomic E-state index is 2.37. The van der Waals surface area contributed by atoms with Crippen molar-refractivity contribution < 1.29 is 0 Å². The summed E-state index contributed by atoms with van der Waals surface area (Å²) in [6.45, 7) is 8.93. The van der Waals surface area contributed by atoms with Crippen molar-refractivity contribution in [1.29, 1.82) is 0 Å². The molecule has 2 aromatic carbocycles. The smallest absolute Gasteiger partial charge is 0.0619 e. The van der Waals surface area contributed by atoms with Gasteiger partial charge in [-0.2, -0.15) is 0 Å². The van der Waals surface area contributed by atoms with Gasteiger partial charge in [0.05, 0.1) is 10.9 Å². The van der Waals surface area contributed by atoms with Gasteiger partial charge in [-0.3, -0.25) is 0 Å². The maximum Gasteiger partial charge on any atom is 0.163 e. The van der Waals surface area contributed by atoms with Gasteiger partial charge in [0.25, 0.3) is 0 Å². The molecule has 94 valence electrons. The highest BCUT2D eigenvalue weighted by atomic mass is 32.2. The van der Waals surface area contributed by atoms with Crippen LogP contribution in [-0.2, 0) is 10.9 Å². The molecule has 1 heteroatoms. The third kappa shape index (κ3) is 2.32. The van der Waals surface area contributed by atoms with E-state index in [1.54, 1.807) is 0 Å². The monoisotopic (exact) mass is 257 g/mol. The lowest BCUT2D eigenvalue weighted by Crippen LogP contribution is -2.06. The lowest BCUT2D eigenvalue weighted by atomic mass is 10.00. The SMILES string of the molecule is Cc1cc([S+](C)c2ccccc2)c(C)c(C)c1C. The van der Waals surface area contributed by atoms with Gasteiger partial charge in [-0.05, 0) is 62.6 Å². The van der Waals surface area contributed by atoms with Crippen molar-refractivity contribution in [2.45, 2.75) is 37.5 Å². The average molecular weight is 257 g/mol. The van der Waals surface area contributed by atoms with Crippen LogP contribution in [0.4, 0.5) is 0 Å². The first kappa shape index (κ1) is 13.2. The molecule has 1 atom stereocenters. The molecule has 0 aromatic heterocycles. The molecule has 0 spiro atoms. The van der Waals surface area contributed by atoms with Gasteiger partial charge in [-0.15, -0.1) is 0 Å². The molecule has 0 radical (unpaired) electrons. The van der Waals surface area contributed by atoms with Crippen molar-refractivity contribution in [2.75, 3.05) is 6.26 Å². The van der Waals surface area contributed by atoms with Crippen LogP contribution < -0.4 is 0 Å². The summed E-state index contributed by atoms with van der Waals surface area (Å²) in [4.78, 5) is 2.91. The fraction of sp³-hybridized carbons (Fsp3) is 0.294. The standard InChI is InChI=1S/C17H21S/c1-12-11-17(15(4)14(3)13(12)2)18(5)16-9-7-6-8-10-16/h6-11H,1-5H3/q+1. The predicted octanol–water partition coefficient (Wildman–Crippen LogP) is 4.59. The lowest BCUT2D eigenvalue weighted by Gasteiger charge is -2.12. The van der Waals surface area contributed by atoms with E-state index in [1.807, 2.05) is 0 Å². The summed E-state index contributed by atoms with van der Waals surface area (Å²) >= 11 is 0. The third-order valence-corrected chi connectivity index (χ3v) is 5.92. The van der Waals surface area contributed by atoms with Crippen LogP contribution in [0.5, 0.6) is 0 Å². The number of hydrogen-bond acceptors (Lipinski definition) is 0. The van der Waals surface area contributed by atoms with Crippen molar-refractivity contribution in [3.63, 3.8) is 0 Å². The van der Waals surface area contributed by atoms with E-state index in [0.717, 1.165) is 0 Å². The van der Waals surface area contributed by atoms with Crippen LogP contribution in [0.1, 0.15) is 22.3 Å². The zero-order chi connectivity index (χ0) is 13.3. The quantitative estimate of drug-likeness (QED) is 0.690. The molecule has 0 aliphatic heterocycles. The molecule has 2 aromatic rings. The fourth-order valence-corrected chi connectivity index (χ4v) is 4.03. The molecule has 0 N–H and O–H groups in total. The van der Waals surface area contributed by atoms with Crippen LogP contribution in [-0.4, -0.2) is 6.26 Å². The van der Waals surface area contributed by atoms with Gasteiger partial charge >= 0.3 is 0 Å². The molecule has 1 unspecified atom stereocenters. The van der Waals surface area contributed by atoms with Gasteiger partial charge in [0, 0.05) is 5.56 Å². The highest BCUT2D eigenvalue weighted by Gasteiger charge is 2.23. The zero-order valence-corrected chi connectivity index (χ0v) is 12.7. The molecule has 0 fully saturated rings. The maximum atomic E-state index is 2.37. The van der Waals surface area contributed by atoms with Crippen LogP contribution >= 0.6 is 0 Å². The minimum Gasteiger partial charge on any atom is -0.0619 e. The van der Waals surface area contributed by atoms with Gasteiger partial charge in [-0.25, -0.2) is 0 Å². The minimum atomic E-state index is 0.163. The van der Waals surface area contributed by atoms with E-state index in [2.05, 4.69) is 70.3 Å². The van der Waals surface area contributed by atoms with E-state index in [4.69, 9.17) is 0 Å². The Morgan fingerprint density at radius 2 is 1.39 bits per heavy atom. The van der Waals surface area contributed by atoms with Crippen molar-refractivity contribution in [3.05, 3.63) is 58.7 Å². The second kappa shape index (κ2) is 5.19. The summed E-state index contributed by atoms with van der Waals surface area (Å²) in [7, 11) is 0.163. The van der Waals surface area contributed by atoms with Crippen molar-refractivity contribution in [3.8, 4) is 0 Å². The van der Waals surface area contributed by atoms with Gasteiger partial charge in [0.15, 0.2) is 9.79 Å². The van der Waals surface area contributed by atoms with Crippen LogP contribution in [0, 0.1) is 27.7 Å². The van der Waals surface area contributed by atoms with Gasteiger partial charge in [0.1, 0.15) is 6.26 Å². The minimum absolute atomic E-state index is 0.163. The Hall–Kier alpha value is -1.21. The first-order valence-electron chi connectivity index (χ1n) is 6.30. The molecule has 0 saturated heterocycles. The number of aryl methyl sites for hydroxylation is 1. The molecule has 0 heterocycles. The first-order chi connectivity index (χ1) is 8.52. The highest BCUT2D eigenvalue weighted by Crippen LogP contribution is 2.29. The second-order valence-corrected chi connectivity index (χ2v) is 6.82. The Morgan fingerprint density at radius 1 is 0.778 bits per heavy atom. The lowest BCUT2D eigenvalue weighted by molar-refractivity contribution is 1.14. The van der Waals surface area contributed by atoms with Crippen LogP contribution in [0.25, 0.3) is 0 Å². The third-order valence-electron chi connectivity index (χ3n) is 3.86. The van der Waals surface area contributed by atoms with Gasteiger partial charge in [0.2, 0.25) is 0 Å². The summed E-state index contributed by atoms with van der Waals surface area (Å²) in [6.07, 6.45) is 2.33. The van der Waals surface area contributed by atoms with Crippen molar-refractivity contribution in [2.24, 2.45) is 0 Å². The van der Waals surface area contributed by atoms with E-state index < -0.39 is 0 Å². The Bertz CT molecular complexity index is 556. The van der Waals surface area contributed by atoms with Crippen molar-refractivity contribution >= 4 is 10.9 Å². The molecule has 0 nitrogen and oxygen atoms in total. The predicted molar refractivity (Wildman–Crippen MR) is 81.7 cm³/mol. The highest BCUT2D eigenvalue weighted by molar-refractivity contribution is 7.96. The molecular weight excluding hydrogens is 236 g/mol. The Balaban J connectivity index is 2.52. The topological polar surface area (TPSA) is 0 Å². The van der Waals surface area contributed by atoms with Crippen LogP contribution in [0.2, 0.25) is 0 Å². The van der Waals surface area contributed by atoms with E-state index in [0.29, 0.717) is 0 Å². The summed E-state index contributed by atoms with van der Waals surface area (Å²) in [5, 5.41) is 0. The number of hydrogen-bond donors (Lipinski definition) is 0. The zero-order valence-electron chi connectivity index (χ0n) is 11.9. The van der Waals surface area contributed by atoms with E-state index in [9.17, 15) is 0 Å². The molecule has 0 aliphatic rings. The summed E-state index contributed by atoms with van der Waals surface area (Å²) in [5.41, 5.74) is 5.73. The first-order valence-corrected chi connectivity index (χ1v) is 7.94. The molecule has 18 heavy (non-hydrogen) atoms. The van der Waals surface area contributed by atoms with E-state index in [-0.39, 0.29) is 10.9 Å². The average Bonchev–Trinajstić information content (AvgIpc) is 2.41. The van der Waals surface area contributed by atoms with E-state index >= 15 is 0 Å². The van der Waals surface area contributed by atoms with Crippen LogP contribution in [0.15, 0.2) is 46.2 Å². The molecule has 0 amide bonds. The van der Waals surface area contributed by atoms with Gasteiger partial charge in [-0.1, -0.05) is 18.2 Å². The number of rotatable bonds is 2. The largest absolute Gasteiger partial charge is 0.163 e. The summed E-state index contributed by atoms with van der Waals surface area (Å²) in [5.74, 6) is 0. The Labute approximate surface area is 113 Å². The summed E-state index contributed by atoms with van der Waals surface area (Å²) < 4.78 is 0. The second-order valence-electron chi connectivity index (χ2n) is 4.89. The summed E-state index contributed by atoms with van der Waals surface area (Å²) in [6, 6.07) is 13.2. The molecule has 0 saturated carbocycles. The fourth-order valence-electron chi connectivity index (χ4n) is 2.24. The Kier molecular flexibility index (Phi) is 3.82. The molecule has 2 rings (SSSR count). The van der Waals surface area contributed by atoms with Gasteiger partial charge < -0.3 is 0 Å². The Morgan fingerprint density at radius 3 is 2.00 bits per heavy atom.